The van der Waals surface area contributed by atoms with Crippen molar-refractivity contribution < 1.29 is 28.6 Å². The fraction of sp³-hybridized carbons (Fsp3) is 0.200. The SMILES string of the molecule is COc1ccc(Br)cc1[C@@H]1C(C(=O)OC(C)C)=C(C)N=c2s/c(=C\c3ccc(-c4ccc(C(=O)O)c(Cl)c4)o3)c(=O)n21. The highest BCUT2D eigenvalue weighted by Gasteiger charge is 2.35. The molecule has 3 heterocycles. The van der Waals surface area contributed by atoms with Gasteiger partial charge in [0, 0.05) is 21.7 Å². The van der Waals surface area contributed by atoms with Crippen molar-refractivity contribution in [2.24, 2.45) is 4.99 Å². The van der Waals surface area contributed by atoms with E-state index in [1.165, 1.54) is 23.8 Å². The Labute approximate surface area is 257 Å². The van der Waals surface area contributed by atoms with Crippen molar-refractivity contribution in [3.05, 3.63) is 106 Å². The minimum absolute atomic E-state index is 0.0168. The van der Waals surface area contributed by atoms with Crippen molar-refractivity contribution in [1.29, 1.82) is 0 Å². The number of aromatic nitrogens is 1. The average Bonchev–Trinajstić information content (AvgIpc) is 3.51. The first-order valence-corrected chi connectivity index (χ1v) is 14.7. The minimum atomic E-state index is -1.13. The van der Waals surface area contributed by atoms with Gasteiger partial charge in [-0.15, -0.1) is 0 Å². The Balaban J connectivity index is 1.64. The molecule has 0 fully saturated rings. The topological polar surface area (TPSA) is 120 Å². The van der Waals surface area contributed by atoms with Crippen LogP contribution in [0.2, 0.25) is 5.02 Å². The molecule has 5 rings (SSSR count). The second kappa shape index (κ2) is 11.7. The van der Waals surface area contributed by atoms with Gasteiger partial charge in [0.25, 0.3) is 5.56 Å². The van der Waals surface area contributed by atoms with Crippen LogP contribution in [0.1, 0.15) is 48.5 Å². The smallest absolute Gasteiger partial charge is 0.338 e. The van der Waals surface area contributed by atoms with Gasteiger partial charge < -0.3 is 19.0 Å². The van der Waals surface area contributed by atoms with E-state index in [1.807, 2.05) is 12.1 Å². The van der Waals surface area contributed by atoms with Gasteiger partial charge in [0.05, 0.1) is 39.6 Å². The molecule has 0 radical (unpaired) electrons. The Hall–Kier alpha value is -3.93. The highest BCUT2D eigenvalue weighted by molar-refractivity contribution is 9.10. The molecule has 0 amide bonds. The third-order valence-electron chi connectivity index (χ3n) is 6.45. The lowest BCUT2D eigenvalue weighted by Crippen LogP contribution is -2.40. The second-order valence-corrected chi connectivity index (χ2v) is 12.0. The third kappa shape index (κ3) is 5.59. The number of thiazole rings is 1. The lowest BCUT2D eigenvalue weighted by atomic mass is 9.95. The zero-order valence-corrected chi connectivity index (χ0v) is 26.0. The first kappa shape index (κ1) is 29.6. The Morgan fingerprint density at radius 1 is 1.19 bits per heavy atom. The first-order chi connectivity index (χ1) is 20.0. The molecule has 1 aliphatic heterocycles. The van der Waals surface area contributed by atoms with Crippen molar-refractivity contribution >= 4 is 56.9 Å². The predicted molar refractivity (Wildman–Crippen MR) is 162 cm³/mol. The number of carbonyl (C=O) groups excluding carboxylic acids is 1. The molecule has 2 aromatic carbocycles. The van der Waals surface area contributed by atoms with Gasteiger partial charge in [0.15, 0.2) is 4.80 Å². The molecule has 0 saturated carbocycles. The van der Waals surface area contributed by atoms with Gasteiger partial charge in [-0.1, -0.05) is 44.9 Å². The molecule has 0 spiro atoms. The van der Waals surface area contributed by atoms with E-state index in [0.717, 1.165) is 15.8 Å². The largest absolute Gasteiger partial charge is 0.496 e. The summed E-state index contributed by atoms with van der Waals surface area (Å²) in [5, 5.41) is 9.32. The summed E-state index contributed by atoms with van der Waals surface area (Å²) < 4.78 is 19.7. The number of rotatable bonds is 7. The molecule has 1 aliphatic rings. The van der Waals surface area contributed by atoms with E-state index >= 15 is 0 Å². The van der Waals surface area contributed by atoms with Crippen molar-refractivity contribution in [2.75, 3.05) is 7.11 Å². The molecule has 1 N–H and O–H groups in total. The monoisotopic (exact) mass is 670 g/mol. The zero-order valence-electron chi connectivity index (χ0n) is 22.8. The van der Waals surface area contributed by atoms with E-state index in [0.29, 0.717) is 43.4 Å². The molecule has 0 aliphatic carbocycles. The van der Waals surface area contributed by atoms with Gasteiger partial charge in [-0.25, -0.2) is 14.6 Å². The molecule has 12 heteroatoms. The van der Waals surface area contributed by atoms with Crippen molar-refractivity contribution in [1.82, 2.24) is 4.57 Å². The molecule has 1 atom stereocenters. The fourth-order valence-electron chi connectivity index (χ4n) is 4.63. The van der Waals surface area contributed by atoms with Crippen LogP contribution in [-0.4, -0.2) is 34.8 Å². The summed E-state index contributed by atoms with van der Waals surface area (Å²) in [6.07, 6.45) is 1.22. The molecule has 42 heavy (non-hydrogen) atoms. The molecule has 2 aromatic heterocycles. The number of benzene rings is 2. The maximum Gasteiger partial charge on any atom is 0.338 e. The van der Waals surface area contributed by atoms with Crippen LogP contribution in [0.4, 0.5) is 0 Å². The number of hydrogen-bond donors (Lipinski definition) is 1. The van der Waals surface area contributed by atoms with Crippen LogP contribution in [0.15, 0.2) is 78.5 Å². The van der Waals surface area contributed by atoms with Crippen LogP contribution in [-0.2, 0) is 9.53 Å². The molecule has 4 aromatic rings. The average molecular weight is 672 g/mol. The van der Waals surface area contributed by atoms with E-state index in [2.05, 4.69) is 20.9 Å². The maximum atomic E-state index is 13.9. The quantitative estimate of drug-likeness (QED) is 0.255. The van der Waals surface area contributed by atoms with E-state index in [4.69, 9.17) is 25.5 Å². The van der Waals surface area contributed by atoms with Crippen LogP contribution >= 0.6 is 38.9 Å². The van der Waals surface area contributed by atoms with E-state index in [-0.39, 0.29) is 27.8 Å². The van der Waals surface area contributed by atoms with Gasteiger partial charge in [0.2, 0.25) is 0 Å². The van der Waals surface area contributed by atoms with Crippen molar-refractivity contribution in [2.45, 2.75) is 32.9 Å². The Kier molecular flexibility index (Phi) is 8.27. The third-order valence-corrected chi connectivity index (χ3v) is 8.24. The summed E-state index contributed by atoms with van der Waals surface area (Å²) in [7, 11) is 1.52. The number of ether oxygens (including phenoxy) is 2. The van der Waals surface area contributed by atoms with Gasteiger partial charge in [-0.05, 0) is 63.2 Å². The van der Waals surface area contributed by atoms with Crippen LogP contribution in [0.5, 0.6) is 5.75 Å². The molecular formula is C30H24BrClN2O7S. The number of furan rings is 1. The highest BCUT2D eigenvalue weighted by Crippen LogP contribution is 2.37. The zero-order chi connectivity index (χ0) is 30.3. The number of esters is 1. The summed E-state index contributed by atoms with van der Waals surface area (Å²) >= 11 is 10.8. The van der Waals surface area contributed by atoms with Crippen molar-refractivity contribution in [3.8, 4) is 17.1 Å². The number of aromatic carboxylic acids is 1. The molecule has 0 unspecified atom stereocenters. The highest BCUT2D eigenvalue weighted by atomic mass is 79.9. The summed E-state index contributed by atoms with van der Waals surface area (Å²) in [5.41, 5.74) is 1.45. The standard InChI is InChI=1S/C30H24BrClN2O7S/c1-14(2)40-29(38)25-15(3)33-30-34(26(25)20-12-17(31)6-9-23(20)39-4)27(35)24(42-30)13-18-7-10-22(41-18)16-5-8-19(28(36)37)21(32)11-16/h5-14,26H,1-4H3,(H,36,37)/b24-13-/t26-/m1/s1. The predicted octanol–water partition coefficient (Wildman–Crippen LogP) is 5.57. The Morgan fingerprint density at radius 3 is 2.62 bits per heavy atom. The summed E-state index contributed by atoms with van der Waals surface area (Å²) in [6.45, 7) is 5.22. The first-order valence-electron chi connectivity index (χ1n) is 12.7. The fourth-order valence-corrected chi connectivity index (χ4v) is 6.30. The minimum Gasteiger partial charge on any atom is -0.496 e. The number of carboxylic acid groups (broad SMARTS) is 1. The molecule has 9 nitrogen and oxygen atoms in total. The van der Waals surface area contributed by atoms with Crippen LogP contribution in [0, 0.1) is 0 Å². The van der Waals surface area contributed by atoms with Crippen LogP contribution in [0.25, 0.3) is 17.4 Å². The summed E-state index contributed by atoms with van der Waals surface area (Å²) in [4.78, 5) is 43.6. The molecule has 0 saturated heterocycles. The summed E-state index contributed by atoms with van der Waals surface area (Å²) in [6, 6.07) is 12.4. The number of halogens is 2. The molecule has 0 bridgehead atoms. The van der Waals surface area contributed by atoms with Crippen LogP contribution in [0.3, 0.4) is 0 Å². The number of hydrogen-bond acceptors (Lipinski definition) is 8. The number of nitrogens with zero attached hydrogens (tertiary/aromatic N) is 2. The van der Waals surface area contributed by atoms with Gasteiger partial charge in [-0.3, -0.25) is 9.36 Å². The number of carboxylic acids is 1. The van der Waals surface area contributed by atoms with E-state index in [9.17, 15) is 19.5 Å². The van der Waals surface area contributed by atoms with Gasteiger partial charge in [-0.2, -0.15) is 0 Å². The molecular weight excluding hydrogens is 648 g/mol. The van der Waals surface area contributed by atoms with Gasteiger partial charge in [0.1, 0.15) is 23.3 Å². The summed E-state index contributed by atoms with van der Waals surface area (Å²) in [5.74, 6) is -0.377. The Morgan fingerprint density at radius 2 is 1.95 bits per heavy atom. The number of allylic oxidation sites excluding steroid dienone is 1. The van der Waals surface area contributed by atoms with Crippen molar-refractivity contribution in [3.63, 3.8) is 0 Å². The number of carbonyl (C=O) groups is 2. The molecule has 216 valence electrons. The second-order valence-electron chi connectivity index (χ2n) is 9.62. The van der Waals surface area contributed by atoms with E-state index in [1.54, 1.807) is 51.1 Å². The normalized spacial score (nSPS) is 15.0. The van der Waals surface area contributed by atoms with Gasteiger partial charge >= 0.3 is 11.9 Å². The number of methoxy groups -OCH3 is 1. The lowest BCUT2D eigenvalue weighted by molar-refractivity contribution is -0.143. The maximum absolute atomic E-state index is 13.9. The Bertz CT molecular complexity index is 1950. The lowest BCUT2D eigenvalue weighted by Gasteiger charge is -2.26. The van der Waals surface area contributed by atoms with Crippen LogP contribution < -0.4 is 19.6 Å². The van der Waals surface area contributed by atoms with E-state index < -0.39 is 18.0 Å². The number of fused-ring (bicyclic) bond motifs is 1.